The van der Waals surface area contributed by atoms with Gasteiger partial charge in [0, 0.05) is 25.6 Å². The zero-order valence-corrected chi connectivity index (χ0v) is 14.9. The second kappa shape index (κ2) is 8.66. The number of nitro benzene ring substituents is 1. The number of carbonyl (C=O) groups is 1. The highest BCUT2D eigenvalue weighted by molar-refractivity contribution is 7.89. The Morgan fingerprint density at radius 1 is 1.35 bits per heavy atom. The second-order valence-corrected chi connectivity index (χ2v) is 7.14. The lowest BCUT2D eigenvalue weighted by molar-refractivity contribution is -0.387. The van der Waals surface area contributed by atoms with Gasteiger partial charge in [0.15, 0.2) is 4.90 Å². The van der Waals surface area contributed by atoms with Gasteiger partial charge in [0.1, 0.15) is 0 Å². The van der Waals surface area contributed by atoms with E-state index in [4.69, 9.17) is 0 Å². The van der Waals surface area contributed by atoms with E-state index in [-0.39, 0.29) is 25.5 Å². The molecule has 0 radical (unpaired) electrons. The maximum Gasteiger partial charge on any atom is 0.289 e. The molecular weight excluding hydrogens is 398 g/mol. The predicted molar refractivity (Wildman–Crippen MR) is 89.9 cm³/mol. The minimum Gasteiger partial charge on any atom is -0.353 e. The van der Waals surface area contributed by atoms with Crippen molar-refractivity contribution in [3.05, 3.63) is 34.4 Å². The fraction of sp³-hybridized carbons (Fsp3) is 0.462. The number of alkyl halides is 2. The molecule has 0 bridgehead atoms. The monoisotopic (exact) mass is 414 g/mol. The molecule has 1 aromatic rings. The number of amides is 1. The van der Waals surface area contributed by atoms with Gasteiger partial charge in [0.2, 0.25) is 15.9 Å². The number of nitrogens with zero attached hydrogens (tertiary/aromatic N) is 1. The van der Waals surface area contributed by atoms with Gasteiger partial charge in [-0.3, -0.25) is 20.2 Å². The highest BCUT2D eigenvalue weighted by atomic mass is 35.5. The highest BCUT2D eigenvalue weighted by Gasteiger charge is 2.42. The van der Waals surface area contributed by atoms with Crippen molar-refractivity contribution in [1.82, 2.24) is 15.4 Å². The van der Waals surface area contributed by atoms with Crippen LogP contribution in [0.3, 0.4) is 0 Å². The van der Waals surface area contributed by atoms with Gasteiger partial charge in [0.25, 0.3) is 11.6 Å². The number of carbonyl (C=O) groups excluding carboxylic acids is 1. The van der Waals surface area contributed by atoms with Crippen LogP contribution in [0.5, 0.6) is 0 Å². The number of halogens is 3. The van der Waals surface area contributed by atoms with Crippen LogP contribution in [-0.2, 0) is 14.8 Å². The maximum atomic E-state index is 13.0. The first-order valence-corrected chi connectivity index (χ1v) is 8.73. The largest absolute Gasteiger partial charge is 0.353 e. The van der Waals surface area contributed by atoms with Gasteiger partial charge in [-0.15, -0.1) is 12.4 Å². The summed E-state index contributed by atoms with van der Waals surface area (Å²) < 4.78 is 52.3. The van der Waals surface area contributed by atoms with Gasteiger partial charge >= 0.3 is 0 Å². The van der Waals surface area contributed by atoms with Crippen LogP contribution in [-0.4, -0.2) is 50.8 Å². The van der Waals surface area contributed by atoms with E-state index >= 15 is 0 Å². The van der Waals surface area contributed by atoms with E-state index in [0.29, 0.717) is 0 Å². The molecule has 2 rings (SSSR count). The summed E-state index contributed by atoms with van der Waals surface area (Å²) in [6.07, 6.45) is -0.624. The van der Waals surface area contributed by atoms with E-state index in [1.165, 1.54) is 12.1 Å². The molecule has 146 valence electrons. The molecule has 3 N–H and O–H groups in total. The fourth-order valence-electron chi connectivity index (χ4n) is 2.31. The third-order valence-corrected chi connectivity index (χ3v) is 5.00. The summed E-state index contributed by atoms with van der Waals surface area (Å²) in [5, 5.41) is 15.6. The molecule has 0 spiro atoms. The summed E-state index contributed by atoms with van der Waals surface area (Å²) in [4.78, 5) is 21.3. The minimum absolute atomic E-state index is 0. The average molecular weight is 415 g/mol. The van der Waals surface area contributed by atoms with Crippen molar-refractivity contribution in [3.63, 3.8) is 0 Å². The molecule has 1 unspecified atom stereocenters. The van der Waals surface area contributed by atoms with Gasteiger partial charge in [-0.2, -0.15) is 0 Å². The molecular formula is C13H17ClF2N4O5S. The Morgan fingerprint density at radius 2 is 2.00 bits per heavy atom. The average Bonchev–Trinajstić information content (AvgIpc) is 2.91. The van der Waals surface area contributed by atoms with Crippen LogP contribution in [0.25, 0.3) is 0 Å². The van der Waals surface area contributed by atoms with Crippen LogP contribution in [0.4, 0.5) is 14.5 Å². The van der Waals surface area contributed by atoms with E-state index in [0.717, 1.165) is 12.1 Å². The molecule has 1 atom stereocenters. The van der Waals surface area contributed by atoms with E-state index in [9.17, 15) is 32.1 Å². The number of benzene rings is 1. The number of nitro groups is 1. The van der Waals surface area contributed by atoms with Crippen molar-refractivity contribution >= 4 is 34.0 Å². The van der Waals surface area contributed by atoms with E-state index < -0.39 is 56.4 Å². The first kappa shape index (κ1) is 22.2. The van der Waals surface area contributed by atoms with E-state index in [1.54, 1.807) is 0 Å². The Balaban J connectivity index is 0.00000338. The molecule has 1 amide bonds. The predicted octanol–water partition coefficient (Wildman–Crippen LogP) is 0.408. The summed E-state index contributed by atoms with van der Waals surface area (Å²) in [5.74, 6) is -3.61. The van der Waals surface area contributed by atoms with E-state index in [1.807, 2.05) is 0 Å². The summed E-state index contributed by atoms with van der Waals surface area (Å²) >= 11 is 0. The van der Waals surface area contributed by atoms with Crippen LogP contribution in [0, 0.1) is 10.1 Å². The topological polar surface area (TPSA) is 130 Å². The Kier molecular flexibility index (Phi) is 7.38. The van der Waals surface area contributed by atoms with Crippen LogP contribution < -0.4 is 15.4 Å². The van der Waals surface area contributed by atoms with Crippen LogP contribution in [0.1, 0.15) is 6.42 Å². The van der Waals surface area contributed by atoms with Crippen molar-refractivity contribution in [2.24, 2.45) is 0 Å². The van der Waals surface area contributed by atoms with Gasteiger partial charge in [-0.25, -0.2) is 21.9 Å². The smallest absolute Gasteiger partial charge is 0.289 e. The van der Waals surface area contributed by atoms with Crippen molar-refractivity contribution in [1.29, 1.82) is 0 Å². The van der Waals surface area contributed by atoms with Crippen molar-refractivity contribution in [2.75, 3.05) is 19.6 Å². The summed E-state index contributed by atoms with van der Waals surface area (Å²) in [6.45, 7) is -0.985. The first-order valence-electron chi connectivity index (χ1n) is 7.24. The maximum absolute atomic E-state index is 13.0. The Morgan fingerprint density at radius 3 is 2.58 bits per heavy atom. The highest BCUT2D eigenvalue weighted by Crippen LogP contribution is 2.25. The molecule has 13 heteroatoms. The molecule has 1 fully saturated rings. The molecule has 0 saturated carbocycles. The molecule has 1 aliphatic rings. The molecule has 26 heavy (non-hydrogen) atoms. The molecule has 1 heterocycles. The summed E-state index contributed by atoms with van der Waals surface area (Å²) in [5.41, 5.74) is -0.573. The summed E-state index contributed by atoms with van der Waals surface area (Å²) in [7, 11) is -4.15. The van der Waals surface area contributed by atoms with Gasteiger partial charge in [-0.1, -0.05) is 12.1 Å². The Hall–Kier alpha value is -1.89. The number of hydrogen-bond donors (Lipinski definition) is 3. The SMILES string of the molecule is Cl.O=C(NCCNS(=O)(=O)c1ccccc1[N+](=O)[O-])C1CC(F)(F)CN1. The summed E-state index contributed by atoms with van der Waals surface area (Å²) in [6, 6.07) is 3.78. The molecule has 0 aromatic heterocycles. The standard InChI is InChI=1S/C13H16F2N4O5S.ClH/c14-13(15)7-9(17-8-13)12(20)16-5-6-18-25(23,24)11-4-2-1-3-10(11)19(21)22;/h1-4,9,17-18H,5-8H2,(H,16,20);1H. The number of para-hydroxylation sites is 1. The van der Waals surface area contributed by atoms with Gasteiger partial charge < -0.3 is 5.32 Å². The first-order chi connectivity index (χ1) is 11.6. The number of rotatable bonds is 7. The fourth-order valence-corrected chi connectivity index (χ4v) is 3.51. The Bertz CT molecular complexity index is 778. The lowest BCUT2D eigenvalue weighted by Gasteiger charge is -2.12. The zero-order valence-electron chi connectivity index (χ0n) is 13.3. The van der Waals surface area contributed by atoms with Gasteiger partial charge in [0.05, 0.1) is 17.5 Å². The number of hydrogen-bond acceptors (Lipinski definition) is 6. The van der Waals surface area contributed by atoms with Crippen LogP contribution in [0.15, 0.2) is 29.2 Å². The molecule has 0 aliphatic carbocycles. The molecule has 1 aliphatic heterocycles. The van der Waals surface area contributed by atoms with E-state index in [2.05, 4.69) is 15.4 Å². The van der Waals surface area contributed by atoms with Crippen molar-refractivity contribution in [3.8, 4) is 0 Å². The molecule has 1 aromatic carbocycles. The lowest BCUT2D eigenvalue weighted by Crippen LogP contribution is -2.43. The number of nitrogens with one attached hydrogen (secondary N) is 3. The number of sulfonamides is 1. The Labute approximate surface area is 154 Å². The minimum atomic E-state index is -4.15. The molecule has 1 saturated heterocycles. The normalized spacial score (nSPS) is 18.8. The lowest BCUT2D eigenvalue weighted by atomic mass is 10.2. The third kappa shape index (κ3) is 5.56. The van der Waals surface area contributed by atoms with Gasteiger partial charge in [-0.05, 0) is 6.07 Å². The second-order valence-electron chi connectivity index (χ2n) is 5.41. The third-order valence-electron chi connectivity index (χ3n) is 3.49. The van der Waals surface area contributed by atoms with Crippen LogP contribution in [0.2, 0.25) is 0 Å². The quantitative estimate of drug-likeness (QED) is 0.336. The van der Waals surface area contributed by atoms with Crippen molar-refractivity contribution in [2.45, 2.75) is 23.3 Å². The zero-order chi connectivity index (χ0) is 18.7. The molecule has 9 nitrogen and oxygen atoms in total. The van der Waals surface area contributed by atoms with Crippen molar-refractivity contribution < 1.29 is 26.9 Å². The van der Waals surface area contributed by atoms with Crippen LogP contribution >= 0.6 is 12.4 Å².